The number of fused-ring (bicyclic) bond motifs is 10. The maximum absolute atomic E-state index is 6.64. The van der Waals surface area contributed by atoms with Crippen LogP contribution in [-0.4, -0.2) is 0 Å². The first-order chi connectivity index (χ1) is 25.3. The van der Waals surface area contributed by atoms with Gasteiger partial charge in [0.15, 0.2) is 0 Å². The summed E-state index contributed by atoms with van der Waals surface area (Å²) in [5, 5.41) is 14.7. The molecule has 51 heavy (non-hydrogen) atoms. The van der Waals surface area contributed by atoms with Crippen molar-refractivity contribution in [3.05, 3.63) is 182 Å². The Kier molecular flexibility index (Phi) is 6.02. The second-order valence-corrected chi connectivity index (χ2v) is 13.6. The van der Waals surface area contributed by atoms with Crippen molar-refractivity contribution >= 4 is 75.8 Å². The minimum absolute atomic E-state index is 0.910. The Balaban J connectivity index is 1.10. The van der Waals surface area contributed by atoms with Crippen LogP contribution in [0, 0.1) is 0 Å². The maximum Gasteiger partial charge on any atom is 0.143 e. The summed E-state index contributed by atoms with van der Waals surface area (Å²) in [5.41, 5.74) is 9.20. The summed E-state index contributed by atoms with van der Waals surface area (Å²) < 4.78 is 6.64. The third kappa shape index (κ3) is 4.22. The molecule has 11 rings (SSSR count). The molecule has 0 fully saturated rings. The number of hydrogen-bond donors (Lipinski definition) is 0. The van der Waals surface area contributed by atoms with E-state index in [-0.39, 0.29) is 0 Å². The monoisotopic (exact) mass is 646 g/mol. The highest BCUT2D eigenvalue weighted by Crippen LogP contribution is 2.45. The van der Waals surface area contributed by atoms with E-state index in [0.29, 0.717) is 0 Å². The molecule has 0 atom stereocenters. The Labute approximate surface area is 294 Å². The molecule has 10 aromatic carbocycles. The fourth-order valence-corrected chi connectivity index (χ4v) is 8.52. The molecule has 0 N–H and O–H groups in total. The van der Waals surface area contributed by atoms with Crippen LogP contribution in [0.15, 0.2) is 186 Å². The van der Waals surface area contributed by atoms with Crippen molar-refractivity contribution in [2.24, 2.45) is 0 Å². The highest BCUT2D eigenvalue weighted by Gasteiger charge is 2.19. The van der Waals surface area contributed by atoms with E-state index in [2.05, 4.69) is 182 Å². The topological polar surface area (TPSA) is 13.1 Å². The molecule has 1 heteroatoms. The van der Waals surface area contributed by atoms with Gasteiger partial charge in [0.2, 0.25) is 0 Å². The molecule has 1 nitrogen and oxygen atoms in total. The van der Waals surface area contributed by atoms with Gasteiger partial charge < -0.3 is 4.42 Å². The summed E-state index contributed by atoms with van der Waals surface area (Å²) in [6, 6.07) is 66.3. The average molecular weight is 647 g/mol. The molecule has 0 unspecified atom stereocenters. The van der Waals surface area contributed by atoms with E-state index < -0.39 is 0 Å². The number of hydrogen-bond acceptors (Lipinski definition) is 1. The summed E-state index contributed by atoms with van der Waals surface area (Å²) in [6.07, 6.45) is 0. The molecule has 1 aromatic heterocycles. The van der Waals surface area contributed by atoms with Gasteiger partial charge in [0.25, 0.3) is 0 Å². The van der Waals surface area contributed by atoms with E-state index in [1.54, 1.807) is 0 Å². The van der Waals surface area contributed by atoms with Crippen molar-refractivity contribution in [1.29, 1.82) is 0 Å². The summed E-state index contributed by atoms with van der Waals surface area (Å²) >= 11 is 0. The van der Waals surface area contributed by atoms with Crippen molar-refractivity contribution in [3.63, 3.8) is 0 Å². The highest BCUT2D eigenvalue weighted by molar-refractivity contribution is 6.23. The number of benzene rings is 10. The van der Waals surface area contributed by atoms with Crippen molar-refractivity contribution in [1.82, 2.24) is 0 Å². The van der Waals surface area contributed by atoms with Crippen LogP contribution in [0.5, 0.6) is 0 Å². The Morgan fingerprint density at radius 3 is 1.45 bits per heavy atom. The molecule has 0 bridgehead atoms. The first-order valence-electron chi connectivity index (χ1n) is 17.6. The van der Waals surface area contributed by atoms with Gasteiger partial charge in [-0.15, -0.1) is 0 Å². The van der Waals surface area contributed by atoms with Crippen LogP contribution in [0.25, 0.3) is 109 Å². The van der Waals surface area contributed by atoms with Crippen molar-refractivity contribution < 1.29 is 4.42 Å². The largest absolute Gasteiger partial charge is 0.455 e. The van der Waals surface area contributed by atoms with Gasteiger partial charge in [-0.05, 0) is 106 Å². The third-order valence-electron chi connectivity index (χ3n) is 10.8. The summed E-state index contributed by atoms with van der Waals surface area (Å²) in [4.78, 5) is 0. The molecule has 0 spiro atoms. The molecule has 0 aliphatic rings. The van der Waals surface area contributed by atoms with Crippen LogP contribution < -0.4 is 0 Å². The van der Waals surface area contributed by atoms with Gasteiger partial charge in [-0.3, -0.25) is 0 Å². The molecular weight excluding hydrogens is 617 g/mol. The van der Waals surface area contributed by atoms with Gasteiger partial charge in [-0.1, -0.05) is 158 Å². The first-order valence-corrected chi connectivity index (χ1v) is 17.6. The van der Waals surface area contributed by atoms with Crippen LogP contribution >= 0.6 is 0 Å². The molecule has 0 saturated carbocycles. The summed E-state index contributed by atoms with van der Waals surface area (Å²) in [7, 11) is 0. The van der Waals surface area contributed by atoms with Gasteiger partial charge in [-0.25, -0.2) is 0 Å². The van der Waals surface area contributed by atoms with Crippen LogP contribution in [0.2, 0.25) is 0 Å². The molecule has 0 amide bonds. The van der Waals surface area contributed by atoms with Gasteiger partial charge in [0, 0.05) is 16.2 Å². The molecule has 0 saturated heterocycles. The zero-order valence-electron chi connectivity index (χ0n) is 27.7. The zero-order valence-corrected chi connectivity index (χ0v) is 27.7. The number of furan rings is 1. The van der Waals surface area contributed by atoms with E-state index in [4.69, 9.17) is 4.42 Å². The minimum Gasteiger partial charge on any atom is -0.455 e. The van der Waals surface area contributed by atoms with Crippen LogP contribution in [0.3, 0.4) is 0 Å². The predicted octanol–water partition coefficient (Wildman–Crippen LogP) is 14.4. The fraction of sp³-hybridized carbons (Fsp3) is 0. The Morgan fingerprint density at radius 2 is 0.765 bits per heavy atom. The first kappa shape index (κ1) is 28.2. The molecular formula is C50H30O. The SMILES string of the molecule is c1ccc2c(c1)cc(-c1ccc(-c3c4ccccc4c(-c4ccc5c(c4)oc4c6ccccc6ccc54)c4ccccc34)cc1)c1ccccc12. The molecule has 0 aliphatic heterocycles. The van der Waals surface area contributed by atoms with E-state index in [9.17, 15) is 0 Å². The molecule has 0 aliphatic carbocycles. The van der Waals surface area contributed by atoms with Gasteiger partial charge in [0.1, 0.15) is 11.2 Å². The Bertz CT molecular complexity index is 3120. The lowest BCUT2D eigenvalue weighted by molar-refractivity contribution is 0.673. The van der Waals surface area contributed by atoms with Crippen molar-refractivity contribution in [2.75, 3.05) is 0 Å². The normalized spacial score (nSPS) is 11.9. The summed E-state index contributed by atoms with van der Waals surface area (Å²) in [5.74, 6) is 0. The minimum atomic E-state index is 0.910. The van der Waals surface area contributed by atoms with Crippen molar-refractivity contribution in [3.8, 4) is 33.4 Å². The van der Waals surface area contributed by atoms with Crippen LogP contribution in [-0.2, 0) is 0 Å². The Hall–Kier alpha value is -6.70. The smallest absolute Gasteiger partial charge is 0.143 e. The predicted molar refractivity (Wildman–Crippen MR) is 218 cm³/mol. The molecule has 1 heterocycles. The average Bonchev–Trinajstić information content (AvgIpc) is 3.58. The van der Waals surface area contributed by atoms with E-state index in [0.717, 1.165) is 32.9 Å². The van der Waals surface area contributed by atoms with Gasteiger partial charge in [0.05, 0.1) is 0 Å². The summed E-state index contributed by atoms with van der Waals surface area (Å²) in [6.45, 7) is 0. The standard InChI is InChI=1S/C50H30O/c1-4-14-37-31(11-1)25-28-45-40-27-26-35(30-47(40)51-50(37)45)49-43-19-9-7-17-41(43)48(42-18-8-10-20-44(42)49)33-23-21-32(22-24-33)46-29-34-12-2-3-13-36(34)38-15-5-6-16-39(38)46/h1-30H. The molecule has 236 valence electrons. The Morgan fingerprint density at radius 1 is 0.275 bits per heavy atom. The third-order valence-corrected chi connectivity index (χ3v) is 10.8. The van der Waals surface area contributed by atoms with Gasteiger partial charge in [-0.2, -0.15) is 0 Å². The van der Waals surface area contributed by atoms with E-state index in [1.807, 2.05) is 0 Å². The quantitative estimate of drug-likeness (QED) is 0.138. The zero-order chi connectivity index (χ0) is 33.5. The van der Waals surface area contributed by atoms with Crippen molar-refractivity contribution in [2.45, 2.75) is 0 Å². The fourth-order valence-electron chi connectivity index (χ4n) is 8.52. The number of rotatable bonds is 3. The van der Waals surface area contributed by atoms with E-state index in [1.165, 1.54) is 76.3 Å². The van der Waals surface area contributed by atoms with Crippen LogP contribution in [0.1, 0.15) is 0 Å². The lowest BCUT2D eigenvalue weighted by atomic mass is 9.85. The second-order valence-electron chi connectivity index (χ2n) is 13.6. The van der Waals surface area contributed by atoms with E-state index >= 15 is 0 Å². The highest BCUT2D eigenvalue weighted by atomic mass is 16.3. The van der Waals surface area contributed by atoms with Crippen LogP contribution in [0.4, 0.5) is 0 Å². The molecule has 11 aromatic rings. The molecule has 0 radical (unpaired) electrons. The van der Waals surface area contributed by atoms with Gasteiger partial charge >= 0.3 is 0 Å². The maximum atomic E-state index is 6.64. The lowest BCUT2D eigenvalue weighted by Gasteiger charge is -2.18. The lowest BCUT2D eigenvalue weighted by Crippen LogP contribution is -1.91. The second kappa shape index (κ2) is 10.9.